The van der Waals surface area contributed by atoms with Gasteiger partial charge in [-0.2, -0.15) is 0 Å². The van der Waals surface area contributed by atoms with Crippen LogP contribution in [0.4, 0.5) is 4.79 Å². The highest BCUT2D eigenvalue weighted by Crippen LogP contribution is 2.07. The molecule has 0 aliphatic carbocycles. The molecule has 0 aliphatic rings. The van der Waals surface area contributed by atoms with Crippen molar-refractivity contribution in [3.05, 3.63) is 35.4 Å². The molecule has 0 unspecified atom stereocenters. The quantitative estimate of drug-likeness (QED) is 0.820. The van der Waals surface area contributed by atoms with Crippen LogP contribution in [-0.2, 0) is 4.74 Å². The Hall–Kier alpha value is -2.04. The van der Waals surface area contributed by atoms with Crippen LogP contribution in [0.1, 0.15) is 43.1 Å². The first kappa shape index (κ1) is 17.0. The summed E-state index contributed by atoms with van der Waals surface area (Å²) in [6.45, 7) is 8.31. The second kappa shape index (κ2) is 7.67. The summed E-state index contributed by atoms with van der Waals surface area (Å²) in [7, 11) is 0. The summed E-state index contributed by atoms with van der Waals surface area (Å²) in [5.41, 5.74) is 1.13. The zero-order valence-corrected chi connectivity index (χ0v) is 13.2. The van der Waals surface area contributed by atoms with Gasteiger partial charge in [-0.25, -0.2) is 4.79 Å². The van der Waals surface area contributed by atoms with Crippen LogP contribution in [0.25, 0.3) is 0 Å². The highest BCUT2D eigenvalue weighted by molar-refractivity contribution is 5.95. The Morgan fingerprint density at radius 1 is 1.10 bits per heavy atom. The minimum absolute atomic E-state index is 0.0923. The predicted octanol–water partition coefficient (Wildman–Crippen LogP) is 2.64. The van der Waals surface area contributed by atoms with Crippen molar-refractivity contribution in [1.29, 1.82) is 0 Å². The standard InChI is InChI=1S/C16H24N2O3/c1-12-8-5-6-9-13(12)14(19)17-10-7-11-18-15(20)21-16(2,3)4/h5-6,8-9H,7,10-11H2,1-4H3,(H,17,19)(H,18,20). The van der Waals surface area contributed by atoms with Gasteiger partial charge in [-0.1, -0.05) is 18.2 Å². The van der Waals surface area contributed by atoms with Crippen LogP contribution < -0.4 is 10.6 Å². The Morgan fingerprint density at radius 2 is 1.71 bits per heavy atom. The van der Waals surface area contributed by atoms with Gasteiger partial charge in [0.05, 0.1) is 0 Å². The second-order valence-corrected chi connectivity index (χ2v) is 5.85. The predicted molar refractivity (Wildman–Crippen MR) is 82.4 cm³/mol. The zero-order valence-electron chi connectivity index (χ0n) is 13.2. The third-order valence-electron chi connectivity index (χ3n) is 2.70. The van der Waals surface area contributed by atoms with Gasteiger partial charge in [0.25, 0.3) is 5.91 Å². The number of aryl methyl sites for hydroxylation is 1. The molecule has 116 valence electrons. The number of ether oxygens (including phenoxy) is 1. The molecule has 0 saturated carbocycles. The average Bonchev–Trinajstić information content (AvgIpc) is 2.36. The summed E-state index contributed by atoms with van der Waals surface area (Å²) in [5, 5.41) is 5.48. The maximum Gasteiger partial charge on any atom is 0.407 e. The minimum atomic E-state index is -0.497. The third-order valence-corrected chi connectivity index (χ3v) is 2.70. The van der Waals surface area contributed by atoms with Gasteiger partial charge < -0.3 is 15.4 Å². The first-order valence-electron chi connectivity index (χ1n) is 7.10. The maximum atomic E-state index is 11.9. The number of hydrogen-bond acceptors (Lipinski definition) is 3. The van der Waals surface area contributed by atoms with Crippen molar-refractivity contribution in [1.82, 2.24) is 10.6 Å². The van der Waals surface area contributed by atoms with Crippen LogP contribution >= 0.6 is 0 Å². The van der Waals surface area contributed by atoms with E-state index in [1.807, 2.05) is 45.9 Å². The van der Waals surface area contributed by atoms with Gasteiger partial charge in [0, 0.05) is 18.7 Å². The van der Waals surface area contributed by atoms with E-state index in [4.69, 9.17) is 4.74 Å². The number of nitrogens with one attached hydrogen (secondary N) is 2. The molecule has 5 heteroatoms. The Labute approximate surface area is 126 Å². The topological polar surface area (TPSA) is 67.4 Å². The van der Waals surface area contributed by atoms with Crippen molar-refractivity contribution in [2.45, 2.75) is 39.7 Å². The molecule has 0 saturated heterocycles. The number of carbonyl (C=O) groups is 2. The molecular formula is C16H24N2O3. The molecule has 0 aliphatic heterocycles. The monoisotopic (exact) mass is 292 g/mol. The van der Waals surface area contributed by atoms with Gasteiger partial charge in [0.1, 0.15) is 5.60 Å². The van der Waals surface area contributed by atoms with Crippen molar-refractivity contribution in [2.24, 2.45) is 0 Å². The maximum absolute atomic E-state index is 11.9. The first-order valence-corrected chi connectivity index (χ1v) is 7.10. The molecule has 1 rings (SSSR count). The van der Waals surface area contributed by atoms with Gasteiger partial charge in [0.15, 0.2) is 0 Å². The molecule has 0 radical (unpaired) electrons. The highest BCUT2D eigenvalue weighted by Gasteiger charge is 2.15. The van der Waals surface area contributed by atoms with Crippen LogP contribution in [0.3, 0.4) is 0 Å². The van der Waals surface area contributed by atoms with E-state index < -0.39 is 11.7 Å². The third kappa shape index (κ3) is 6.79. The van der Waals surface area contributed by atoms with Gasteiger partial charge in [-0.3, -0.25) is 4.79 Å². The fourth-order valence-corrected chi connectivity index (χ4v) is 1.72. The molecule has 0 spiro atoms. The Kier molecular flexibility index (Phi) is 6.21. The molecule has 0 bridgehead atoms. The van der Waals surface area contributed by atoms with Crippen LogP contribution in [0.5, 0.6) is 0 Å². The Morgan fingerprint density at radius 3 is 2.33 bits per heavy atom. The largest absolute Gasteiger partial charge is 0.444 e. The summed E-state index contributed by atoms with van der Waals surface area (Å²) < 4.78 is 5.11. The average molecular weight is 292 g/mol. The minimum Gasteiger partial charge on any atom is -0.444 e. The molecule has 0 fully saturated rings. The number of hydrogen-bond donors (Lipinski definition) is 2. The van der Waals surface area contributed by atoms with E-state index >= 15 is 0 Å². The number of alkyl carbamates (subject to hydrolysis) is 1. The summed E-state index contributed by atoms with van der Waals surface area (Å²) in [6, 6.07) is 7.44. The smallest absolute Gasteiger partial charge is 0.407 e. The van der Waals surface area contributed by atoms with Gasteiger partial charge in [-0.15, -0.1) is 0 Å². The molecule has 21 heavy (non-hydrogen) atoms. The van der Waals surface area contributed by atoms with E-state index in [2.05, 4.69) is 10.6 Å². The van der Waals surface area contributed by atoms with Crippen molar-refractivity contribution in [2.75, 3.05) is 13.1 Å². The normalized spacial score (nSPS) is 10.9. The van der Waals surface area contributed by atoms with Crippen LogP contribution in [-0.4, -0.2) is 30.7 Å². The summed E-state index contributed by atoms with van der Waals surface area (Å²) in [5.74, 6) is -0.0923. The number of benzene rings is 1. The molecule has 1 aromatic rings. The summed E-state index contributed by atoms with van der Waals surface area (Å²) in [4.78, 5) is 23.3. The highest BCUT2D eigenvalue weighted by atomic mass is 16.6. The second-order valence-electron chi connectivity index (χ2n) is 5.85. The van der Waals surface area contributed by atoms with E-state index in [1.54, 1.807) is 6.07 Å². The summed E-state index contributed by atoms with van der Waals surface area (Å²) in [6.07, 6.45) is 0.212. The molecular weight excluding hydrogens is 268 g/mol. The number of rotatable bonds is 5. The number of carbonyl (C=O) groups excluding carboxylic acids is 2. The summed E-state index contributed by atoms with van der Waals surface area (Å²) >= 11 is 0. The van der Waals surface area contributed by atoms with Crippen LogP contribution in [0, 0.1) is 6.92 Å². The van der Waals surface area contributed by atoms with E-state index in [0.29, 0.717) is 25.1 Å². The van der Waals surface area contributed by atoms with E-state index in [1.165, 1.54) is 0 Å². The molecule has 2 N–H and O–H groups in total. The first-order chi connectivity index (χ1) is 9.79. The lowest BCUT2D eigenvalue weighted by Gasteiger charge is -2.19. The van der Waals surface area contributed by atoms with Crippen molar-refractivity contribution >= 4 is 12.0 Å². The molecule has 5 nitrogen and oxygen atoms in total. The zero-order chi connectivity index (χ0) is 15.9. The van der Waals surface area contributed by atoms with Crippen LogP contribution in [0.15, 0.2) is 24.3 Å². The van der Waals surface area contributed by atoms with E-state index in [9.17, 15) is 9.59 Å². The van der Waals surface area contributed by atoms with Crippen molar-refractivity contribution in [3.8, 4) is 0 Å². The van der Waals surface area contributed by atoms with Gasteiger partial charge >= 0.3 is 6.09 Å². The molecule has 2 amide bonds. The van der Waals surface area contributed by atoms with Crippen LogP contribution in [0.2, 0.25) is 0 Å². The lowest BCUT2D eigenvalue weighted by atomic mass is 10.1. The van der Waals surface area contributed by atoms with Gasteiger partial charge in [0.2, 0.25) is 0 Å². The Balaban J connectivity index is 2.22. The van der Waals surface area contributed by atoms with E-state index in [-0.39, 0.29) is 5.91 Å². The fraction of sp³-hybridized carbons (Fsp3) is 0.500. The fourth-order valence-electron chi connectivity index (χ4n) is 1.72. The lowest BCUT2D eigenvalue weighted by Crippen LogP contribution is -2.34. The molecule has 0 atom stereocenters. The number of amides is 2. The van der Waals surface area contributed by atoms with Crippen molar-refractivity contribution < 1.29 is 14.3 Å². The van der Waals surface area contributed by atoms with Gasteiger partial charge in [-0.05, 0) is 45.7 Å². The van der Waals surface area contributed by atoms with E-state index in [0.717, 1.165) is 5.56 Å². The SMILES string of the molecule is Cc1ccccc1C(=O)NCCCNC(=O)OC(C)(C)C. The Bertz CT molecular complexity index is 493. The molecule has 0 aromatic heterocycles. The molecule has 1 aromatic carbocycles. The van der Waals surface area contributed by atoms with Crippen molar-refractivity contribution in [3.63, 3.8) is 0 Å². The lowest BCUT2D eigenvalue weighted by molar-refractivity contribution is 0.0527. The molecule has 0 heterocycles.